The molecule has 64 valence electrons. The van der Waals surface area contributed by atoms with Crippen molar-refractivity contribution >= 4 is 11.7 Å². The molecule has 3 nitrogen and oxygen atoms in total. The molecule has 12 heavy (non-hydrogen) atoms. The molecule has 0 aromatic rings. The van der Waals surface area contributed by atoms with Gasteiger partial charge < -0.3 is 5.32 Å². The Morgan fingerprint density at radius 1 is 1.42 bits per heavy atom. The zero-order valence-corrected chi connectivity index (χ0v) is 6.80. The molecule has 1 N–H and O–H groups in total. The summed E-state index contributed by atoms with van der Waals surface area (Å²) < 4.78 is 0. The van der Waals surface area contributed by atoms with Crippen molar-refractivity contribution in [1.82, 2.24) is 5.32 Å². The lowest BCUT2D eigenvalue weighted by Gasteiger charge is -2.23. The number of fused-ring (bicyclic) bond motifs is 2. The Bertz CT molecular complexity index is 286. The van der Waals surface area contributed by atoms with E-state index in [1.165, 1.54) is 0 Å². The molecule has 3 unspecified atom stereocenters. The summed E-state index contributed by atoms with van der Waals surface area (Å²) >= 11 is 0. The van der Waals surface area contributed by atoms with Gasteiger partial charge in [0.25, 0.3) is 0 Å². The van der Waals surface area contributed by atoms with Crippen LogP contribution in [-0.4, -0.2) is 17.2 Å². The van der Waals surface area contributed by atoms with E-state index in [9.17, 15) is 9.59 Å². The topological polar surface area (TPSA) is 46.2 Å². The van der Waals surface area contributed by atoms with Crippen LogP contribution in [0.1, 0.15) is 25.7 Å². The van der Waals surface area contributed by atoms with Crippen LogP contribution in [0.25, 0.3) is 0 Å². The first-order chi connectivity index (χ1) is 5.72. The first kappa shape index (κ1) is 6.63. The fourth-order valence-electron chi connectivity index (χ4n) is 2.94. The van der Waals surface area contributed by atoms with Gasteiger partial charge in [-0.2, -0.15) is 0 Å². The molecule has 0 bridgehead atoms. The third kappa shape index (κ3) is 0.586. The fourth-order valence-corrected chi connectivity index (χ4v) is 2.94. The van der Waals surface area contributed by atoms with E-state index in [0.29, 0.717) is 5.92 Å². The average Bonchev–Trinajstić information content (AvgIpc) is 2.64. The average molecular weight is 165 g/mol. The van der Waals surface area contributed by atoms with Gasteiger partial charge >= 0.3 is 0 Å². The highest BCUT2D eigenvalue weighted by atomic mass is 16.2. The molecular weight excluding hydrogens is 154 g/mol. The molecule has 1 amide bonds. The summed E-state index contributed by atoms with van der Waals surface area (Å²) in [6, 6.07) is 0. The molecule has 1 heterocycles. The van der Waals surface area contributed by atoms with E-state index < -0.39 is 0 Å². The first-order valence-electron chi connectivity index (χ1n) is 4.57. The predicted molar refractivity (Wildman–Crippen MR) is 41.3 cm³/mol. The van der Waals surface area contributed by atoms with Gasteiger partial charge in [-0.25, -0.2) is 0 Å². The van der Waals surface area contributed by atoms with E-state index in [1.54, 1.807) is 0 Å². The predicted octanol–water partition coefficient (Wildman–Crippen LogP) is 0.244. The normalized spacial score (nSPS) is 49.7. The van der Waals surface area contributed by atoms with Crippen molar-refractivity contribution in [2.45, 2.75) is 31.2 Å². The summed E-state index contributed by atoms with van der Waals surface area (Å²) in [5, 5.41) is 2.88. The SMILES string of the molecule is O=C1CC(=O)C2(CCC3CC32)N1. The maximum atomic E-state index is 11.6. The van der Waals surface area contributed by atoms with Gasteiger partial charge in [0.15, 0.2) is 5.78 Å². The molecule has 0 aromatic heterocycles. The Labute approximate surface area is 70.5 Å². The zero-order valence-electron chi connectivity index (χ0n) is 6.80. The second-order valence-corrected chi connectivity index (χ2v) is 4.26. The minimum atomic E-state index is -0.387. The van der Waals surface area contributed by atoms with Crippen LogP contribution in [-0.2, 0) is 9.59 Å². The van der Waals surface area contributed by atoms with Gasteiger partial charge in [0.1, 0.15) is 5.54 Å². The minimum absolute atomic E-state index is 0.0625. The Morgan fingerprint density at radius 3 is 2.67 bits per heavy atom. The molecule has 1 saturated heterocycles. The van der Waals surface area contributed by atoms with E-state index in [2.05, 4.69) is 5.32 Å². The first-order valence-corrected chi connectivity index (χ1v) is 4.57. The molecule has 2 aliphatic carbocycles. The van der Waals surface area contributed by atoms with Crippen molar-refractivity contribution in [3.63, 3.8) is 0 Å². The second-order valence-electron chi connectivity index (χ2n) is 4.26. The molecule has 3 aliphatic rings. The highest BCUT2D eigenvalue weighted by Crippen LogP contribution is 2.58. The van der Waals surface area contributed by atoms with Crippen LogP contribution in [0.2, 0.25) is 0 Å². The van der Waals surface area contributed by atoms with Crippen LogP contribution in [0, 0.1) is 11.8 Å². The second kappa shape index (κ2) is 1.73. The van der Waals surface area contributed by atoms with Crippen molar-refractivity contribution in [2.24, 2.45) is 11.8 Å². The minimum Gasteiger partial charge on any atom is -0.343 e. The van der Waals surface area contributed by atoms with Crippen molar-refractivity contribution in [3.8, 4) is 0 Å². The Balaban J connectivity index is 1.99. The van der Waals surface area contributed by atoms with Crippen LogP contribution in [0.4, 0.5) is 0 Å². The molecule has 2 saturated carbocycles. The lowest BCUT2D eigenvalue weighted by Crippen LogP contribution is -2.46. The smallest absolute Gasteiger partial charge is 0.228 e. The van der Waals surface area contributed by atoms with Gasteiger partial charge in [0, 0.05) is 0 Å². The van der Waals surface area contributed by atoms with Crippen molar-refractivity contribution in [3.05, 3.63) is 0 Å². The molecule has 1 spiro atoms. The Morgan fingerprint density at radius 2 is 2.25 bits per heavy atom. The molecule has 3 heteroatoms. The van der Waals surface area contributed by atoms with Gasteiger partial charge in [-0.1, -0.05) is 0 Å². The van der Waals surface area contributed by atoms with Gasteiger partial charge in [0.2, 0.25) is 5.91 Å². The number of carbonyl (C=O) groups is 2. The van der Waals surface area contributed by atoms with Crippen molar-refractivity contribution < 1.29 is 9.59 Å². The quantitative estimate of drug-likeness (QED) is 0.523. The summed E-state index contributed by atoms with van der Waals surface area (Å²) in [6.07, 6.45) is 3.32. The van der Waals surface area contributed by atoms with E-state index in [1.807, 2.05) is 0 Å². The molecular formula is C9H11NO2. The largest absolute Gasteiger partial charge is 0.343 e. The summed E-state index contributed by atoms with van der Waals surface area (Å²) in [4.78, 5) is 22.6. The highest BCUT2D eigenvalue weighted by molar-refractivity contribution is 6.10. The maximum absolute atomic E-state index is 11.6. The summed E-state index contributed by atoms with van der Waals surface area (Å²) in [6.45, 7) is 0. The molecule has 3 fully saturated rings. The number of hydrogen-bond donors (Lipinski definition) is 1. The third-order valence-electron chi connectivity index (χ3n) is 3.65. The molecule has 0 radical (unpaired) electrons. The van der Waals surface area contributed by atoms with Crippen LogP contribution >= 0.6 is 0 Å². The van der Waals surface area contributed by atoms with Crippen LogP contribution in [0.5, 0.6) is 0 Å². The fraction of sp³-hybridized carbons (Fsp3) is 0.778. The summed E-state index contributed by atoms with van der Waals surface area (Å²) in [7, 11) is 0. The van der Waals surface area contributed by atoms with Crippen LogP contribution < -0.4 is 5.32 Å². The number of ketones is 1. The number of rotatable bonds is 0. The molecule has 0 aromatic carbocycles. The number of carbonyl (C=O) groups excluding carboxylic acids is 2. The number of Topliss-reactive ketones (excluding diaryl/α,β-unsaturated/α-hetero) is 1. The van der Waals surface area contributed by atoms with E-state index in [4.69, 9.17) is 0 Å². The van der Waals surface area contributed by atoms with Gasteiger partial charge in [0.05, 0.1) is 6.42 Å². The van der Waals surface area contributed by atoms with Gasteiger partial charge in [-0.15, -0.1) is 0 Å². The van der Waals surface area contributed by atoms with Crippen molar-refractivity contribution in [2.75, 3.05) is 0 Å². The standard InChI is InChI=1S/C9H11NO2/c11-7-4-8(12)10-9(7)2-1-5-3-6(5)9/h5-6H,1-4H2,(H,10,12). The lowest BCUT2D eigenvalue weighted by molar-refractivity contribution is -0.123. The van der Waals surface area contributed by atoms with Gasteiger partial charge in [-0.3, -0.25) is 9.59 Å². The molecule has 3 rings (SSSR count). The molecule has 3 atom stereocenters. The van der Waals surface area contributed by atoms with Crippen LogP contribution in [0.3, 0.4) is 0 Å². The lowest BCUT2D eigenvalue weighted by atomic mass is 9.90. The number of nitrogens with one attached hydrogen (secondary N) is 1. The van der Waals surface area contributed by atoms with Crippen molar-refractivity contribution in [1.29, 1.82) is 0 Å². The number of amides is 1. The highest BCUT2D eigenvalue weighted by Gasteiger charge is 2.64. The molecule has 1 aliphatic heterocycles. The van der Waals surface area contributed by atoms with E-state index in [0.717, 1.165) is 25.2 Å². The van der Waals surface area contributed by atoms with E-state index >= 15 is 0 Å². The van der Waals surface area contributed by atoms with Crippen LogP contribution in [0.15, 0.2) is 0 Å². The summed E-state index contributed by atoms with van der Waals surface area (Å²) in [5.74, 6) is 1.33. The number of hydrogen-bond acceptors (Lipinski definition) is 2. The third-order valence-corrected chi connectivity index (χ3v) is 3.65. The van der Waals surface area contributed by atoms with E-state index in [-0.39, 0.29) is 23.7 Å². The zero-order chi connectivity index (χ0) is 8.34. The summed E-state index contributed by atoms with van der Waals surface area (Å²) in [5.41, 5.74) is -0.387. The Hall–Kier alpha value is -0.860. The maximum Gasteiger partial charge on any atom is 0.228 e. The monoisotopic (exact) mass is 165 g/mol. The Kier molecular flexibility index (Phi) is 0.955. The van der Waals surface area contributed by atoms with Gasteiger partial charge in [-0.05, 0) is 31.1 Å².